The van der Waals surface area contributed by atoms with Gasteiger partial charge in [-0.3, -0.25) is 4.79 Å². The Kier molecular flexibility index (Phi) is 4.55. The number of carbonyl (C=O) groups excluding carboxylic acids is 1. The number of rotatable bonds is 4. The number of carboxylic acid groups (broad SMARTS) is 1. The van der Waals surface area contributed by atoms with Crippen LogP contribution in [0.5, 0.6) is 0 Å². The predicted molar refractivity (Wildman–Crippen MR) is 74.9 cm³/mol. The van der Waals surface area contributed by atoms with Gasteiger partial charge >= 0.3 is 5.97 Å². The summed E-state index contributed by atoms with van der Waals surface area (Å²) in [6, 6.07) is 4.86. The van der Waals surface area contributed by atoms with E-state index in [9.17, 15) is 9.59 Å². The highest BCUT2D eigenvalue weighted by atomic mass is 16.4. The van der Waals surface area contributed by atoms with E-state index < -0.39 is 5.97 Å². The summed E-state index contributed by atoms with van der Waals surface area (Å²) < 4.78 is 0. The number of anilines is 1. The van der Waals surface area contributed by atoms with Gasteiger partial charge < -0.3 is 14.9 Å². The summed E-state index contributed by atoms with van der Waals surface area (Å²) in [6.45, 7) is 4.54. The first-order valence-corrected chi connectivity index (χ1v) is 6.85. The molecule has 6 nitrogen and oxygen atoms in total. The van der Waals surface area contributed by atoms with E-state index in [2.05, 4.69) is 4.98 Å². The van der Waals surface area contributed by atoms with E-state index in [1.54, 1.807) is 12.1 Å². The third kappa shape index (κ3) is 3.26. The van der Waals surface area contributed by atoms with Crippen molar-refractivity contribution < 1.29 is 14.7 Å². The largest absolute Gasteiger partial charge is 0.477 e. The van der Waals surface area contributed by atoms with Gasteiger partial charge in [0, 0.05) is 19.6 Å². The van der Waals surface area contributed by atoms with Crippen molar-refractivity contribution in [2.45, 2.75) is 19.8 Å². The van der Waals surface area contributed by atoms with Gasteiger partial charge in [0.05, 0.1) is 6.54 Å². The fourth-order valence-electron chi connectivity index (χ4n) is 2.34. The minimum atomic E-state index is -1.05. The van der Waals surface area contributed by atoms with Gasteiger partial charge in [0.1, 0.15) is 5.82 Å². The molecule has 0 aromatic carbocycles. The van der Waals surface area contributed by atoms with E-state index in [0.717, 1.165) is 25.9 Å². The van der Waals surface area contributed by atoms with E-state index in [1.807, 2.05) is 16.7 Å². The molecule has 1 aromatic rings. The maximum Gasteiger partial charge on any atom is 0.354 e. The maximum atomic E-state index is 12.1. The number of pyridine rings is 1. The lowest BCUT2D eigenvalue weighted by Crippen LogP contribution is -2.37. The summed E-state index contributed by atoms with van der Waals surface area (Å²) >= 11 is 0. The molecule has 1 N–H and O–H groups in total. The van der Waals surface area contributed by atoms with Crippen LogP contribution >= 0.6 is 0 Å². The van der Waals surface area contributed by atoms with Crippen LogP contribution in [0.2, 0.25) is 0 Å². The van der Waals surface area contributed by atoms with Crippen LogP contribution in [0.4, 0.5) is 5.82 Å². The molecule has 0 aliphatic carbocycles. The molecule has 2 rings (SSSR count). The summed E-state index contributed by atoms with van der Waals surface area (Å²) in [4.78, 5) is 30.9. The lowest BCUT2D eigenvalue weighted by molar-refractivity contribution is -0.129. The number of aromatic nitrogens is 1. The molecule has 1 saturated heterocycles. The number of hydrogen-bond acceptors (Lipinski definition) is 4. The van der Waals surface area contributed by atoms with Crippen molar-refractivity contribution >= 4 is 17.7 Å². The maximum absolute atomic E-state index is 12.1. The van der Waals surface area contributed by atoms with Crippen molar-refractivity contribution in [3.63, 3.8) is 0 Å². The van der Waals surface area contributed by atoms with Gasteiger partial charge in [-0.15, -0.1) is 0 Å². The molecule has 1 amide bonds. The van der Waals surface area contributed by atoms with Crippen molar-refractivity contribution in [2.24, 2.45) is 0 Å². The van der Waals surface area contributed by atoms with E-state index in [0.29, 0.717) is 12.4 Å². The topological polar surface area (TPSA) is 73.7 Å². The van der Waals surface area contributed by atoms with Crippen LogP contribution in [-0.2, 0) is 4.79 Å². The van der Waals surface area contributed by atoms with Gasteiger partial charge in [-0.05, 0) is 25.0 Å². The molecule has 0 spiro atoms. The summed E-state index contributed by atoms with van der Waals surface area (Å²) in [5.74, 6) is -0.427. The third-order valence-electron chi connectivity index (χ3n) is 3.31. The first-order valence-electron chi connectivity index (χ1n) is 6.85. The molecule has 1 fully saturated rings. The Bertz CT molecular complexity index is 504. The zero-order chi connectivity index (χ0) is 14.5. The van der Waals surface area contributed by atoms with E-state index in [4.69, 9.17) is 5.11 Å². The van der Waals surface area contributed by atoms with Crippen LogP contribution < -0.4 is 4.90 Å². The quantitative estimate of drug-likeness (QED) is 0.896. The Hall–Kier alpha value is -2.11. The fourth-order valence-corrected chi connectivity index (χ4v) is 2.34. The number of nitrogens with zero attached hydrogens (tertiary/aromatic N) is 3. The van der Waals surface area contributed by atoms with E-state index in [-0.39, 0.29) is 18.1 Å². The smallest absolute Gasteiger partial charge is 0.354 e. The average Bonchev–Trinajstić information content (AvgIpc) is 2.62. The highest BCUT2D eigenvalue weighted by molar-refractivity contribution is 5.86. The normalized spacial score (nSPS) is 16.1. The second-order valence-corrected chi connectivity index (χ2v) is 4.84. The van der Waals surface area contributed by atoms with Crippen molar-refractivity contribution in [3.8, 4) is 0 Å². The van der Waals surface area contributed by atoms with Crippen molar-refractivity contribution in [1.82, 2.24) is 9.88 Å². The minimum absolute atomic E-state index is 0.00427. The average molecular weight is 277 g/mol. The zero-order valence-corrected chi connectivity index (χ0v) is 11.6. The Morgan fingerprint density at radius 2 is 2.20 bits per heavy atom. The molecule has 20 heavy (non-hydrogen) atoms. The van der Waals surface area contributed by atoms with Gasteiger partial charge in [0.25, 0.3) is 0 Å². The molecule has 2 heterocycles. The number of aromatic carboxylic acids is 1. The highest BCUT2D eigenvalue weighted by Gasteiger charge is 2.22. The summed E-state index contributed by atoms with van der Waals surface area (Å²) in [5, 5.41) is 8.97. The standard InChI is InChI=1S/C14H19N3O3/c1-2-7-16-8-4-9-17(10-13(16)18)12-6-3-5-11(15-12)14(19)20/h3,5-6H,2,4,7-10H2,1H3,(H,19,20). The number of hydrogen-bond donors (Lipinski definition) is 1. The molecular formula is C14H19N3O3. The first kappa shape index (κ1) is 14.3. The van der Waals surface area contributed by atoms with Crippen molar-refractivity contribution in [1.29, 1.82) is 0 Å². The van der Waals surface area contributed by atoms with E-state index in [1.165, 1.54) is 6.07 Å². The molecule has 108 valence electrons. The lowest BCUT2D eigenvalue weighted by Gasteiger charge is -2.22. The Balaban J connectivity index is 2.15. The third-order valence-corrected chi connectivity index (χ3v) is 3.31. The molecule has 1 aromatic heterocycles. The van der Waals surface area contributed by atoms with Gasteiger partial charge in [0.2, 0.25) is 5.91 Å². The minimum Gasteiger partial charge on any atom is -0.477 e. The van der Waals surface area contributed by atoms with Crippen LogP contribution in [-0.4, -0.2) is 53.0 Å². The van der Waals surface area contributed by atoms with E-state index >= 15 is 0 Å². The molecule has 0 bridgehead atoms. The Morgan fingerprint density at radius 3 is 2.90 bits per heavy atom. The van der Waals surface area contributed by atoms with Gasteiger partial charge in [-0.25, -0.2) is 9.78 Å². The van der Waals surface area contributed by atoms with Gasteiger partial charge in [0.15, 0.2) is 5.69 Å². The first-order chi connectivity index (χ1) is 9.61. The molecule has 1 aliphatic heterocycles. The Morgan fingerprint density at radius 1 is 1.40 bits per heavy atom. The highest BCUT2D eigenvalue weighted by Crippen LogP contribution is 2.15. The second-order valence-electron chi connectivity index (χ2n) is 4.84. The molecule has 0 saturated carbocycles. The summed E-state index contributed by atoms with van der Waals surface area (Å²) in [6.07, 6.45) is 1.81. The van der Waals surface area contributed by atoms with Gasteiger partial charge in [-0.1, -0.05) is 13.0 Å². The summed E-state index contributed by atoms with van der Waals surface area (Å²) in [5.41, 5.74) is 0.00427. The van der Waals surface area contributed by atoms with Crippen molar-refractivity contribution in [2.75, 3.05) is 31.1 Å². The van der Waals surface area contributed by atoms with Gasteiger partial charge in [-0.2, -0.15) is 0 Å². The van der Waals surface area contributed by atoms with Crippen LogP contribution in [0.25, 0.3) is 0 Å². The second kappa shape index (κ2) is 6.36. The molecular weight excluding hydrogens is 258 g/mol. The molecule has 0 unspecified atom stereocenters. The van der Waals surface area contributed by atoms with Crippen LogP contribution in [0.15, 0.2) is 18.2 Å². The Labute approximate surface area is 118 Å². The molecule has 1 aliphatic rings. The zero-order valence-electron chi connectivity index (χ0n) is 11.6. The number of carboxylic acids is 1. The summed E-state index contributed by atoms with van der Waals surface area (Å²) in [7, 11) is 0. The number of carbonyl (C=O) groups is 2. The fraction of sp³-hybridized carbons (Fsp3) is 0.500. The number of amides is 1. The molecule has 0 atom stereocenters. The lowest BCUT2D eigenvalue weighted by atomic mass is 10.3. The van der Waals surface area contributed by atoms with Crippen LogP contribution in [0.3, 0.4) is 0 Å². The van der Waals surface area contributed by atoms with Crippen molar-refractivity contribution in [3.05, 3.63) is 23.9 Å². The van der Waals surface area contributed by atoms with Crippen LogP contribution in [0, 0.1) is 0 Å². The predicted octanol–water partition coefficient (Wildman–Crippen LogP) is 1.23. The monoisotopic (exact) mass is 277 g/mol. The molecule has 6 heteroatoms. The SMILES string of the molecule is CCCN1CCCN(c2cccc(C(=O)O)n2)CC1=O. The van der Waals surface area contributed by atoms with Crippen LogP contribution in [0.1, 0.15) is 30.3 Å². The molecule has 0 radical (unpaired) electrons.